The van der Waals surface area contributed by atoms with E-state index in [0.29, 0.717) is 39.3 Å². The van der Waals surface area contributed by atoms with E-state index in [1.807, 2.05) is 55.8 Å². The van der Waals surface area contributed by atoms with E-state index in [2.05, 4.69) is 54.9 Å². The molecular formula is C39H55FN6O4. The molecule has 6 rings (SSSR count). The zero-order valence-corrected chi connectivity index (χ0v) is 31.3. The highest BCUT2D eigenvalue weighted by molar-refractivity contribution is 5.98. The van der Waals surface area contributed by atoms with Crippen molar-refractivity contribution in [3.63, 3.8) is 0 Å². The lowest BCUT2D eigenvalue weighted by atomic mass is 9.90. The van der Waals surface area contributed by atoms with Gasteiger partial charge in [0.1, 0.15) is 17.2 Å². The lowest BCUT2D eigenvalue weighted by Gasteiger charge is -2.47. The zero-order valence-electron chi connectivity index (χ0n) is 31.3. The van der Waals surface area contributed by atoms with Crippen molar-refractivity contribution in [2.24, 2.45) is 0 Å². The van der Waals surface area contributed by atoms with E-state index in [1.54, 1.807) is 0 Å². The molecule has 11 heteroatoms. The Morgan fingerprint density at radius 2 is 1.80 bits per heavy atom. The first-order valence-corrected chi connectivity index (χ1v) is 18.2. The Morgan fingerprint density at radius 3 is 2.46 bits per heavy atom. The van der Waals surface area contributed by atoms with Crippen LogP contribution in [0.4, 0.5) is 14.9 Å². The molecule has 272 valence electrons. The van der Waals surface area contributed by atoms with Crippen LogP contribution in [0.25, 0.3) is 5.52 Å². The largest absolute Gasteiger partial charge is 0.444 e. The van der Waals surface area contributed by atoms with Crippen LogP contribution in [0.5, 0.6) is 0 Å². The molecule has 1 aromatic carbocycles. The van der Waals surface area contributed by atoms with E-state index in [1.165, 1.54) is 12.1 Å². The maximum absolute atomic E-state index is 14.7. The van der Waals surface area contributed by atoms with Gasteiger partial charge in [-0.2, -0.15) is 0 Å². The number of anilines is 1. The summed E-state index contributed by atoms with van der Waals surface area (Å²) in [4.78, 5) is 41.4. The van der Waals surface area contributed by atoms with E-state index in [4.69, 9.17) is 14.5 Å². The number of fused-ring (bicyclic) bond motifs is 3. The second-order valence-electron chi connectivity index (χ2n) is 16.5. The van der Waals surface area contributed by atoms with Crippen molar-refractivity contribution in [2.45, 2.75) is 104 Å². The third-order valence-electron chi connectivity index (χ3n) is 10.4. The number of rotatable bonds is 7. The number of hydrogen-bond acceptors (Lipinski definition) is 7. The summed E-state index contributed by atoms with van der Waals surface area (Å²) in [5, 5.41) is 0. The molecule has 3 aromatic rings. The zero-order chi connectivity index (χ0) is 36.1. The Bertz CT molecular complexity index is 1710. The molecule has 0 unspecified atom stereocenters. The molecule has 2 aromatic heterocycles. The minimum atomic E-state index is -0.598. The Hall–Kier alpha value is -3.54. The Morgan fingerprint density at radius 1 is 1.08 bits per heavy atom. The van der Waals surface area contributed by atoms with E-state index in [-0.39, 0.29) is 53.8 Å². The van der Waals surface area contributed by atoms with Crippen LogP contribution < -0.4 is 4.90 Å². The fourth-order valence-electron chi connectivity index (χ4n) is 7.87. The van der Waals surface area contributed by atoms with Gasteiger partial charge in [-0.25, -0.2) is 14.2 Å². The molecule has 10 nitrogen and oxygen atoms in total. The van der Waals surface area contributed by atoms with Crippen molar-refractivity contribution in [1.82, 2.24) is 24.1 Å². The maximum atomic E-state index is 14.7. The van der Waals surface area contributed by atoms with E-state index in [0.717, 1.165) is 46.9 Å². The molecule has 5 heterocycles. The molecule has 2 saturated heterocycles. The third-order valence-corrected chi connectivity index (χ3v) is 10.4. The summed E-state index contributed by atoms with van der Waals surface area (Å²) in [6.07, 6.45) is 2.22. The van der Waals surface area contributed by atoms with Gasteiger partial charge in [0.15, 0.2) is 0 Å². The minimum Gasteiger partial charge on any atom is -0.444 e. The second-order valence-corrected chi connectivity index (χ2v) is 16.5. The first kappa shape index (κ1) is 36.3. The highest BCUT2D eigenvalue weighted by Crippen LogP contribution is 2.44. The van der Waals surface area contributed by atoms with E-state index in [9.17, 15) is 14.0 Å². The number of imidazole rings is 1. The number of morpholine rings is 1. The van der Waals surface area contributed by atoms with Crippen LogP contribution in [0.2, 0.25) is 0 Å². The summed E-state index contributed by atoms with van der Waals surface area (Å²) < 4.78 is 27.6. The van der Waals surface area contributed by atoms with Crippen LogP contribution in [0.3, 0.4) is 0 Å². The SMILES string of the molecule is CC(C)c1ncc2c(Cc3ccc(F)cc3)cc3c(n12)C(C)(C)CN3C(=O)CN1C[C@@H](C)N(C(=O)OC(C)(C)C)C[C@@H]1CN1CCOC[C@H]1C. The smallest absolute Gasteiger partial charge is 0.410 e. The summed E-state index contributed by atoms with van der Waals surface area (Å²) in [7, 11) is 0. The number of piperazine rings is 1. The fourth-order valence-corrected chi connectivity index (χ4v) is 7.87. The van der Waals surface area contributed by atoms with Gasteiger partial charge in [0, 0.05) is 62.2 Å². The minimum absolute atomic E-state index is 0.0352. The van der Waals surface area contributed by atoms with Gasteiger partial charge in [0.05, 0.1) is 42.9 Å². The van der Waals surface area contributed by atoms with Crippen molar-refractivity contribution in [2.75, 3.05) is 57.4 Å². The van der Waals surface area contributed by atoms with Gasteiger partial charge in [-0.1, -0.05) is 39.8 Å². The number of carbonyl (C=O) groups excluding carboxylic acids is 2. The lowest BCUT2D eigenvalue weighted by molar-refractivity contribution is -0.121. The molecule has 3 aliphatic heterocycles. The number of carbonyl (C=O) groups is 2. The number of halogens is 1. The third kappa shape index (κ3) is 7.41. The topological polar surface area (TPSA) is 82.9 Å². The average Bonchev–Trinajstić information content (AvgIpc) is 3.58. The molecule has 3 atom stereocenters. The number of hydrogen-bond donors (Lipinski definition) is 0. The molecular weight excluding hydrogens is 635 g/mol. The quantitative estimate of drug-likeness (QED) is 0.308. The predicted octanol–water partition coefficient (Wildman–Crippen LogP) is 5.84. The van der Waals surface area contributed by atoms with Gasteiger partial charge < -0.3 is 19.3 Å². The van der Waals surface area contributed by atoms with Crippen LogP contribution in [-0.4, -0.2) is 112 Å². The summed E-state index contributed by atoms with van der Waals surface area (Å²) in [5.74, 6) is 0.911. The van der Waals surface area contributed by atoms with Crippen molar-refractivity contribution in [3.8, 4) is 0 Å². The first-order valence-electron chi connectivity index (χ1n) is 18.2. The highest BCUT2D eigenvalue weighted by atomic mass is 19.1. The van der Waals surface area contributed by atoms with Gasteiger partial charge in [-0.3, -0.25) is 19.0 Å². The Labute approximate surface area is 296 Å². The van der Waals surface area contributed by atoms with Crippen molar-refractivity contribution in [1.29, 1.82) is 0 Å². The van der Waals surface area contributed by atoms with Crippen molar-refractivity contribution < 1.29 is 23.5 Å². The number of benzene rings is 1. The van der Waals surface area contributed by atoms with Crippen molar-refractivity contribution >= 4 is 23.2 Å². The van der Waals surface area contributed by atoms with Crippen LogP contribution in [0.15, 0.2) is 36.5 Å². The van der Waals surface area contributed by atoms with Crippen LogP contribution in [0, 0.1) is 5.82 Å². The number of nitrogens with zero attached hydrogens (tertiary/aromatic N) is 6. The molecule has 2 amide bonds. The summed E-state index contributed by atoms with van der Waals surface area (Å²) in [6.45, 7) is 23.2. The first-order chi connectivity index (χ1) is 23.5. The molecule has 0 N–H and O–H groups in total. The molecule has 0 aliphatic carbocycles. The van der Waals surface area contributed by atoms with Crippen LogP contribution in [0.1, 0.15) is 90.9 Å². The molecule has 3 aliphatic rings. The highest BCUT2D eigenvalue weighted by Gasteiger charge is 2.44. The average molecular weight is 691 g/mol. The second kappa shape index (κ2) is 13.9. The molecule has 0 saturated carbocycles. The summed E-state index contributed by atoms with van der Waals surface area (Å²) >= 11 is 0. The number of ether oxygens (including phenoxy) is 2. The van der Waals surface area contributed by atoms with Gasteiger partial charge in [0.2, 0.25) is 5.91 Å². The van der Waals surface area contributed by atoms with Crippen LogP contribution in [-0.2, 0) is 26.1 Å². The summed E-state index contributed by atoms with van der Waals surface area (Å²) in [6, 6.07) is 8.84. The lowest BCUT2D eigenvalue weighted by Crippen LogP contribution is -2.64. The predicted molar refractivity (Wildman–Crippen MR) is 193 cm³/mol. The van der Waals surface area contributed by atoms with Crippen LogP contribution >= 0.6 is 0 Å². The molecule has 2 fully saturated rings. The molecule has 0 spiro atoms. The van der Waals surface area contributed by atoms with Gasteiger partial charge in [0.25, 0.3) is 0 Å². The fraction of sp³-hybridized carbons (Fsp3) is 0.615. The number of aromatic nitrogens is 2. The number of pyridine rings is 1. The molecule has 0 bridgehead atoms. The number of amides is 2. The van der Waals surface area contributed by atoms with E-state index >= 15 is 0 Å². The molecule has 50 heavy (non-hydrogen) atoms. The van der Waals surface area contributed by atoms with E-state index < -0.39 is 5.60 Å². The Balaban J connectivity index is 1.33. The summed E-state index contributed by atoms with van der Waals surface area (Å²) in [5.41, 5.74) is 4.13. The van der Waals surface area contributed by atoms with Gasteiger partial charge in [-0.05, 0) is 70.4 Å². The van der Waals surface area contributed by atoms with Gasteiger partial charge in [-0.15, -0.1) is 0 Å². The normalized spacial score (nSPS) is 23.1. The standard InChI is InChI=1S/C39H55FN6O4/c1-25(2)36-41-18-33-29(16-28-10-12-30(40)13-11-28)17-32-35(46(33)36)39(8,9)24-45(32)34(47)22-43-19-26(3)44(37(48)50-38(5,6)7)21-31(43)20-42-14-15-49-23-27(42)4/h10-13,17-18,25-27,31H,14-16,19-24H2,1-9H3/t26-,27-,31+/m1/s1. The molecule has 0 radical (unpaired) electrons. The maximum Gasteiger partial charge on any atom is 0.410 e. The Kier molecular flexibility index (Phi) is 10.1. The van der Waals surface area contributed by atoms with Gasteiger partial charge >= 0.3 is 6.09 Å². The monoisotopic (exact) mass is 690 g/mol. The van der Waals surface area contributed by atoms with Crippen molar-refractivity contribution in [3.05, 3.63) is 65.0 Å².